The molecule has 0 aromatic carbocycles. The second kappa shape index (κ2) is 5.80. The summed E-state index contributed by atoms with van der Waals surface area (Å²) in [6, 6.07) is 0. The van der Waals surface area contributed by atoms with Gasteiger partial charge < -0.3 is 5.11 Å². The fourth-order valence-corrected chi connectivity index (χ4v) is 1.51. The van der Waals surface area contributed by atoms with Gasteiger partial charge in [0, 0.05) is 11.5 Å². The lowest BCUT2D eigenvalue weighted by Gasteiger charge is -1.95. The summed E-state index contributed by atoms with van der Waals surface area (Å²) in [4.78, 5) is 10.00. The quantitative estimate of drug-likeness (QED) is 0.728. The number of carbonyl (C=O) groups is 1. The van der Waals surface area contributed by atoms with Crippen LogP contribution in [0.25, 0.3) is 0 Å². The first-order valence-electron chi connectivity index (χ1n) is 2.75. The lowest BCUT2D eigenvalue weighted by atomic mass is 10.5. The first-order valence-corrected chi connectivity index (χ1v) is 4.70. The van der Waals surface area contributed by atoms with Crippen molar-refractivity contribution in [2.75, 3.05) is 11.5 Å². The molecule has 0 aromatic heterocycles. The van der Waals surface area contributed by atoms with Gasteiger partial charge in [0.05, 0.1) is 6.42 Å². The van der Waals surface area contributed by atoms with Gasteiger partial charge in [-0.3, -0.25) is 4.79 Å². The van der Waals surface area contributed by atoms with E-state index in [0.29, 0.717) is 5.75 Å². The molecule has 10 heavy (non-hydrogen) atoms. The first kappa shape index (κ1) is 10.0. The second-order valence-electron chi connectivity index (χ2n) is 1.71. The van der Waals surface area contributed by atoms with Crippen molar-refractivity contribution in [2.45, 2.75) is 6.42 Å². The Kier molecular flexibility index (Phi) is 5.82. The maximum atomic E-state index is 10.00. The lowest BCUT2D eigenvalue weighted by molar-refractivity contribution is -0.136. The number of hydrogen-bond donors (Lipinski definition) is 1. The van der Waals surface area contributed by atoms with Crippen LogP contribution in [-0.2, 0) is 4.79 Å². The topological polar surface area (TPSA) is 37.3 Å². The minimum Gasteiger partial charge on any atom is -0.481 e. The van der Waals surface area contributed by atoms with Crippen LogP contribution in [0.2, 0.25) is 0 Å². The molecule has 2 nitrogen and oxygen atoms in total. The number of rotatable bonds is 5. The van der Waals surface area contributed by atoms with Gasteiger partial charge in [-0.05, 0) is 4.48 Å². The SMILES string of the molecule is C=C(Br)CSCCC(=O)O. The summed E-state index contributed by atoms with van der Waals surface area (Å²) < 4.78 is 0.905. The van der Waals surface area contributed by atoms with Crippen LogP contribution in [0.15, 0.2) is 11.1 Å². The van der Waals surface area contributed by atoms with Crippen LogP contribution in [0.5, 0.6) is 0 Å². The van der Waals surface area contributed by atoms with Crippen LogP contribution >= 0.6 is 27.7 Å². The molecule has 0 unspecified atom stereocenters. The first-order chi connectivity index (χ1) is 4.63. The van der Waals surface area contributed by atoms with Gasteiger partial charge in [0.25, 0.3) is 0 Å². The number of hydrogen-bond acceptors (Lipinski definition) is 2. The molecule has 58 valence electrons. The van der Waals surface area contributed by atoms with E-state index < -0.39 is 5.97 Å². The van der Waals surface area contributed by atoms with Crippen molar-refractivity contribution in [2.24, 2.45) is 0 Å². The monoisotopic (exact) mass is 224 g/mol. The van der Waals surface area contributed by atoms with Crippen molar-refractivity contribution in [1.82, 2.24) is 0 Å². The van der Waals surface area contributed by atoms with Crippen LogP contribution in [0.4, 0.5) is 0 Å². The highest BCUT2D eigenvalue weighted by Crippen LogP contribution is 2.11. The molecular formula is C6H9BrO2S. The molecule has 0 heterocycles. The van der Waals surface area contributed by atoms with Gasteiger partial charge in [-0.25, -0.2) is 0 Å². The Hall–Kier alpha value is 0.0400. The van der Waals surface area contributed by atoms with Gasteiger partial charge in [-0.1, -0.05) is 22.5 Å². The number of halogens is 1. The zero-order chi connectivity index (χ0) is 7.98. The van der Waals surface area contributed by atoms with Crippen molar-refractivity contribution < 1.29 is 9.90 Å². The third kappa shape index (κ3) is 8.04. The maximum absolute atomic E-state index is 10.00. The molecule has 4 heteroatoms. The summed E-state index contributed by atoms with van der Waals surface area (Å²) in [6.07, 6.45) is 0.227. The van der Waals surface area contributed by atoms with Gasteiger partial charge in [0.15, 0.2) is 0 Å². The highest BCUT2D eigenvalue weighted by molar-refractivity contribution is 9.11. The molecule has 0 amide bonds. The van der Waals surface area contributed by atoms with Crippen LogP contribution in [0.3, 0.4) is 0 Å². The maximum Gasteiger partial charge on any atom is 0.304 e. The standard InChI is InChI=1S/C6H9BrO2S/c1-5(7)4-10-3-2-6(8)9/h1-4H2,(H,8,9). The summed E-state index contributed by atoms with van der Waals surface area (Å²) in [6.45, 7) is 3.62. The van der Waals surface area contributed by atoms with Gasteiger partial charge in [-0.15, -0.1) is 0 Å². The summed E-state index contributed by atoms with van der Waals surface area (Å²) in [5.41, 5.74) is 0. The Balaban J connectivity index is 3.06. The number of carboxylic acid groups (broad SMARTS) is 1. The molecule has 0 aliphatic rings. The third-order valence-corrected chi connectivity index (χ3v) is 2.42. The molecule has 0 rings (SSSR count). The normalized spacial score (nSPS) is 9.30. The van der Waals surface area contributed by atoms with E-state index in [-0.39, 0.29) is 6.42 Å². The van der Waals surface area contributed by atoms with E-state index in [2.05, 4.69) is 22.5 Å². The highest BCUT2D eigenvalue weighted by Gasteiger charge is 1.95. The minimum absolute atomic E-state index is 0.227. The largest absolute Gasteiger partial charge is 0.481 e. The fourth-order valence-electron chi connectivity index (χ4n) is 0.342. The third-order valence-electron chi connectivity index (χ3n) is 0.719. The number of carboxylic acids is 1. The zero-order valence-corrected chi connectivity index (χ0v) is 7.87. The van der Waals surface area contributed by atoms with Crippen molar-refractivity contribution >= 4 is 33.7 Å². The Morgan fingerprint density at radius 3 is 2.70 bits per heavy atom. The molecule has 0 fully saturated rings. The van der Waals surface area contributed by atoms with E-state index in [9.17, 15) is 4.79 Å². The van der Waals surface area contributed by atoms with Crippen LogP contribution in [0, 0.1) is 0 Å². The Morgan fingerprint density at radius 2 is 2.30 bits per heavy atom. The fraction of sp³-hybridized carbons (Fsp3) is 0.500. The molecule has 0 aliphatic carbocycles. The predicted molar refractivity (Wildman–Crippen MR) is 47.6 cm³/mol. The van der Waals surface area contributed by atoms with E-state index in [1.165, 1.54) is 0 Å². The molecule has 0 bridgehead atoms. The Bertz CT molecular complexity index is 120. The van der Waals surface area contributed by atoms with Crippen molar-refractivity contribution in [3.63, 3.8) is 0 Å². The molecule has 0 aromatic rings. The van der Waals surface area contributed by atoms with E-state index >= 15 is 0 Å². The van der Waals surface area contributed by atoms with Gasteiger partial charge in [-0.2, -0.15) is 11.8 Å². The number of aliphatic carboxylic acids is 1. The van der Waals surface area contributed by atoms with E-state index in [4.69, 9.17) is 5.11 Å². The van der Waals surface area contributed by atoms with Gasteiger partial charge >= 0.3 is 5.97 Å². The van der Waals surface area contributed by atoms with E-state index in [1.54, 1.807) is 11.8 Å². The van der Waals surface area contributed by atoms with Crippen molar-refractivity contribution in [3.8, 4) is 0 Å². The van der Waals surface area contributed by atoms with Crippen LogP contribution in [-0.4, -0.2) is 22.6 Å². The minimum atomic E-state index is -0.743. The number of thioether (sulfide) groups is 1. The molecule has 0 atom stereocenters. The summed E-state index contributed by atoms with van der Waals surface area (Å²) >= 11 is 4.74. The van der Waals surface area contributed by atoms with Crippen molar-refractivity contribution in [3.05, 3.63) is 11.1 Å². The van der Waals surface area contributed by atoms with E-state index in [0.717, 1.165) is 10.2 Å². The van der Waals surface area contributed by atoms with Crippen LogP contribution < -0.4 is 0 Å². The molecule has 0 saturated carbocycles. The summed E-state index contributed by atoms with van der Waals surface area (Å²) in [5.74, 6) is 0.695. The van der Waals surface area contributed by atoms with E-state index in [1.807, 2.05) is 0 Å². The Labute approximate surface area is 72.8 Å². The zero-order valence-electron chi connectivity index (χ0n) is 5.47. The molecule has 0 spiro atoms. The van der Waals surface area contributed by atoms with Gasteiger partial charge in [0.1, 0.15) is 0 Å². The average molecular weight is 225 g/mol. The molecule has 0 saturated heterocycles. The second-order valence-corrected chi connectivity index (χ2v) is 3.94. The Morgan fingerprint density at radius 1 is 1.70 bits per heavy atom. The van der Waals surface area contributed by atoms with Crippen molar-refractivity contribution in [1.29, 1.82) is 0 Å². The molecule has 1 N–H and O–H groups in total. The average Bonchev–Trinajstić information content (AvgIpc) is 1.79. The van der Waals surface area contributed by atoms with Crippen LogP contribution in [0.1, 0.15) is 6.42 Å². The molecule has 0 aliphatic heterocycles. The summed E-state index contributed by atoms with van der Waals surface area (Å²) in [5, 5.41) is 8.23. The molecular weight excluding hydrogens is 216 g/mol. The molecule has 0 radical (unpaired) electrons. The smallest absolute Gasteiger partial charge is 0.304 e. The van der Waals surface area contributed by atoms with Gasteiger partial charge in [0.2, 0.25) is 0 Å². The highest BCUT2D eigenvalue weighted by atomic mass is 79.9. The summed E-state index contributed by atoms with van der Waals surface area (Å²) in [7, 11) is 0. The predicted octanol–water partition coefficient (Wildman–Crippen LogP) is 2.10. The lowest BCUT2D eigenvalue weighted by Crippen LogP contribution is -1.96.